The summed E-state index contributed by atoms with van der Waals surface area (Å²) in [5, 5.41) is 2.97. The van der Waals surface area contributed by atoms with E-state index in [1.54, 1.807) is 0 Å². The van der Waals surface area contributed by atoms with E-state index in [1.807, 2.05) is 66.4 Å². The van der Waals surface area contributed by atoms with Gasteiger partial charge in [-0.25, -0.2) is 4.79 Å². The van der Waals surface area contributed by atoms with Gasteiger partial charge in [0.15, 0.2) is 0 Å². The third kappa shape index (κ3) is 4.63. The molecule has 2 aromatic carbocycles. The fraction of sp³-hybridized carbons (Fsp3) is 0.278. The lowest BCUT2D eigenvalue weighted by atomic mass is 10.2. The molecule has 3 heteroatoms. The second kappa shape index (κ2) is 7.48. The maximum atomic E-state index is 12.4. The van der Waals surface area contributed by atoms with E-state index in [9.17, 15) is 4.79 Å². The van der Waals surface area contributed by atoms with Crippen LogP contribution in [0.4, 0.5) is 10.5 Å². The molecule has 0 aliphatic heterocycles. The summed E-state index contributed by atoms with van der Waals surface area (Å²) in [4.78, 5) is 14.3. The van der Waals surface area contributed by atoms with Crippen molar-refractivity contribution in [3.8, 4) is 0 Å². The van der Waals surface area contributed by atoms with Crippen molar-refractivity contribution in [2.24, 2.45) is 0 Å². The molecule has 2 aromatic rings. The van der Waals surface area contributed by atoms with Gasteiger partial charge in [0.1, 0.15) is 0 Å². The van der Waals surface area contributed by atoms with Crippen LogP contribution in [0.15, 0.2) is 54.6 Å². The van der Waals surface area contributed by atoms with E-state index < -0.39 is 0 Å². The SMILES string of the molecule is CCCN(Cc1ccccc1)C(=O)Nc1cccc(C)c1. The van der Waals surface area contributed by atoms with Gasteiger partial charge >= 0.3 is 6.03 Å². The number of urea groups is 1. The first-order chi connectivity index (χ1) is 10.2. The lowest BCUT2D eigenvalue weighted by Gasteiger charge is -2.23. The quantitative estimate of drug-likeness (QED) is 0.864. The van der Waals surface area contributed by atoms with Gasteiger partial charge in [0, 0.05) is 18.8 Å². The molecule has 0 aliphatic rings. The predicted molar refractivity (Wildman–Crippen MR) is 87.3 cm³/mol. The highest BCUT2D eigenvalue weighted by Gasteiger charge is 2.13. The summed E-state index contributed by atoms with van der Waals surface area (Å²) in [5.41, 5.74) is 3.12. The number of nitrogens with zero attached hydrogens (tertiary/aromatic N) is 1. The van der Waals surface area contributed by atoms with Crippen LogP contribution in [0.1, 0.15) is 24.5 Å². The Labute approximate surface area is 126 Å². The Bertz CT molecular complexity index is 581. The number of nitrogens with one attached hydrogen (secondary N) is 1. The lowest BCUT2D eigenvalue weighted by Crippen LogP contribution is -2.35. The summed E-state index contributed by atoms with van der Waals surface area (Å²) >= 11 is 0. The molecule has 0 aliphatic carbocycles. The first-order valence-electron chi connectivity index (χ1n) is 7.35. The molecule has 0 saturated carbocycles. The highest BCUT2D eigenvalue weighted by Crippen LogP contribution is 2.12. The van der Waals surface area contributed by atoms with Crippen molar-refractivity contribution >= 4 is 11.7 Å². The van der Waals surface area contributed by atoms with Crippen LogP contribution in [-0.2, 0) is 6.54 Å². The van der Waals surface area contributed by atoms with Crippen LogP contribution >= 0.6 is 0 Å². The zero-order valence-corrected chi connectivity index (χ0v) is 12.7. The van der Waals surface area contributed by atoms with Gasteiger partial charge in [-0.2, -0.15) is 0 Å². The van der Waals surface area contributed by atoms with Gasteiger partial charge in [-0.1, -0.05) is 49.4 Å². The summed E-state index contributed by atoms with van der Waals surface area (Å²) in [7, 11) is 0. The van der Waals surface area contributed by atoms with Crippen LogP contribution in [0.2, 0.25) is 0 Å². The monoisotopic (exact) mass is 282 g/mol. The zero-order chi connectivity index (χ0) is 15.1. The molecule has 0 radical (unpaired) electrons. The summed E-state index contributed by atoms with van der Waals surface area (Å²) in [6.45, 7) is 5.47. The third-order valence-corrected chi connectivity index (χ3v) is 3.27. The van der Waals surface area contributed by atoms with Crippen LogP contribution in [0, 0.1) is 6.92 Å². The molecule has 1 N–H and O–H groups in total. The molecule has 21 heavy (non-hydrogen) atoms. The Kier molecular flexibility index (Phi) is 5.38. The number of aryl methyl sites for hydroxylation is 1. The molecule has 0 unspecified atom stereocenters. The fourth-order valence-electron chi connectivity index (χ4n) is 2.25. The molecule has 0 atom stereocenters. The van der Waals surface area contributed by atoms with Crippen LogP contribution < -0.4 is 5.32 Å². The van der Waals surface area contributed by atoms with Crippen molar-refractivity contribution in [1.82, 2.24) is 4.90 Å². The van der Waals surface area contributed by atoms with Gasteiger partial charge < -0.3 is 10.2 Å². The molecule has 2 rings (SSSR count). The maximum Gasteiger partial charge on any atom is 0.322 e. The second-order valence-corrected chi connectivity index (χ2v) is 5.21. The molecule has 3 nitrogen and oxygen atoms in total. The Morgan fingerprint density at radius 2 is 1.86 bits per heavy atom. The average Bonchev–Trinajstić information content (AvgIpc) is 2.48. The molecule has 0 spiro atoms. The molecule has 0 saturated heterocycles. The third-order valence-electron chi connectivity index (χ3n) is 3.27. The van der Waals surface area contributed by atoms with E-state index in [1.165, 1.54) is 0 Å². The Morgan fingerprint density at radius 1 is 1.10 bits per heavy atom. The zero-order valence-electron chi connectivity index (χ0n) is 12.7. The van der Waals surface area contributed by atoms with Crippen molar-refractivity contribution in [3.63, 3.8) is 0 Å². The molecule has 110 valence electrons. The number of hydrogen-bond acceptors (Lipinski definition) is 1. The second-order valence-electron chi connectivity index (χ2n) is 5.21. The highest BCUT2D eigenvalue weighted by atomic mass is 16.2. The molecular formula is C18H22N2O. The minimum Gasteiger partial charge on any atom is -0.320 e. The normalized spacial score (nSPS) is 10.2. The first kappa shape index (κ1) is 15.1. The summed E-state index contributed by atoms with van der Waals surface area (Å²) in [6.07, 6.45) is 0.939. The number of rotatable bonds is 5. The number of carbonyl (C=O) groups is 1. The van der Waals surface area contributed by atoms with Crippen LogP contribution in [0.5, 0.6) is 0 Å². The summed E-state index contributed by atoms with van der Waals surface area (Å²) in [5.74, 6) is 0. The smallest absolute Gasteiger partial charge is 0.320 e. The molecular weight excluding hydrogens is 260 g/mol. The molecule has 0 heterocycles. The van der Waals surface area contributed by atoms with Crippen LogP contribution in [0.25, 0.3) is 0 Å². The van der Waals surface area contributed by atoms with Crippen molar-refractivity contribution in [2.75, 3.05) is 11.9 Å². The fourth-order valence-corrected chi connectivity index (χ4v) is 2.25. The summed E-state index contributed by atoms with van der Waals surface area (Å²) in [6, 6.07) is 17.9. The van der Waals surface area contributed by atoms with E-state index in [2.05, 4.69) is 12.2 Å². The van der Waals surface area contributed by atoms with E-state index >= 15 is 0 Å². The van der Waals surface area contributed by atoms with E-state index in [-0.39, 0.29) is 6.03 Å². The van der Waals surface area contributed by atoms with E-state index in [4.69, 9.17) is 0 Å². The lowest BCUT2D eigenvalue weighted by molar-refractivity contribution is 0.209. The predicted octanol–water partition coefficient (Wildman–Crippen LogP) is 4.44. The Hall–Kier alpha value is -2.29. The maximum absolute atomic E-state index is 12.4. The van der Waals surface area contributed by atoms with Gasteiger partial charge in [0.25, 0.3) is 0 Å². The van der Waals surface area contributed by atoms with Gasteiger partial charge in [-0.3, -0.25) is 0 Å². The number of anilines is 1. The van der Waals surface area contributed by atoms with Gasteiger partial charge in [0.05, 0.1) is 0 Å². The minimum absolute atomic E-state index is 0.0497. The minimum atomic E-state index is -0.0497. The largest absolute Gasteiger partial charge is 0.322 e. The molecule has 2 amide bonds. The van der Waals surface area contributed by atoms with Crippen molar-refractivity contribution in [1.29, 1.82) is 0 Å². The van der Waals surface area contributed by atoms with E-state index in [0.29, 0.717) is 6.54 Å². The van der Waals surface area contributed by atoms with Gasteiger partial charge in [0.2, 0.25) is 0 Å². The van der Waals surface area contributed by atoms with Crippen LogP contribution in [-0.4, -0.2) is 17.5 Å². The number of benzene rings is 2. The first-order valence-corrected chi connectivity index (χ1v) is 7.35. The number of hydrogen-bond donors (Lipinski definition) is 1. The van der Waals surface area contributed by atoms with Crippen molar-refractivity contribution in [3.05, 3.63) is 65.7 Å². The van der Waals surface area contributed by atoms with Gasteiger partial charge in [-0.05, 0) is 36.6 Å². The van der Waals surface area contributed by atoms with Gasteiger partial charge in [-0.15, -0.1) is 0 Å². The molecule has 0 bridgehead atoms. The van der Waals surface area contributed by atoms with Crippen LogP contribution in [0.3, 0.4) is 0 Å². The van der Waals surface area contributed by atoms with Crippen molar-refractivity contribution in [2.45, 2.75) is 26.8 Å². The Balaban J connectivity index is 2.05. The van der Waals surface area contributed by atoms with E-state index in [0.717, 1.165) is 29.8 Å². The number of amides is 2. The summed E-state index contributed by atoms with van der Waals surface area (Å²) < 4.78 is 0. The Morgan fingerprint density at radius 3 is 2.52 bits per heavy atom. The molecule has 0 aromatic heterocycles. The van der Waals surface area contributed by atoms with Crippen molar-refractivity contribution < 1.29 is 4.79 Å². The number of carbonyl (C=O) groups excluding carboxylic acids is 1. The molecule has 0 fully saturated rings. The highest BCUT2D eigenvalue weighted by molar-refractivity contribution is 5.89. The average molecular weight is 282 g/mol. The topological polar surface area (TPSA) is 32.3 Å². The standard InChI is InChI=1S/C18H22N2O/c1-3-12-20(14-16-9-5-4-6-10-16)18(21)19-17-11-7-8-15(2)13-17/h4-11,13H,3,12,14H2,1-2H3,(H,19,21).